The van der Waals surface area contributed by atoms with Crippen LogP contribution in [0, 0.1) is 11.7 Å². The van der Waals surface area contributed by atoms with E-state index < -0.39 is 5.82 Å². The molecule has 1 aliphatic carbocycles. The summed E-state index contributed by atoms with van der Waals surface area (Å²) in [7, 11) is 0. The quantitative estimate of drug-likeness (QED) is 0.839. The molecule has 1 amide bonds. The predicted octanol–water partition coefficient (Wildman–Crippen LogP) is 3.09. The van der Waals surface area contributed by atoms with E-state index in [4.69, 9.17) is 5.73 Å². The molecule has 98 valence electrons. The summed E-state index contributed by atoms with van der Waals surface area (Å²) in [6.07, 6.45) is 3.51. The zero-order chi connectivity index (χ0) is 13.3. The van der Waals surface area contributed by atoms with Crippen LogP contribution in [-0.4, -0.2) is 11.9 Å². The zero-order valence-corrected chi connectivity index (χ0v) is 11.8. The van der Waals surface area contributed by atoms with Crippen LogP contribution in [-0.2, 0) is 0 Å². The van der Waals surface area contributed by atoms with Crippen molar-refractivity contribution in [2.45, 2.75) is 32.2 Å². The summed E-state index contributed by atoms with van der Waals surface area (Å²) in [5.74, 6) is 0.00760. The van der Waals surface area contributed by atoms with Gasteiger partial charge in [-0.05, 0) is 47.3 Å². The van der Waals surface area contributed by atoms with E-state index in [9.17, 15) is 9.18 Å². The van der Waals surface area contributed by atoms with Crippen LogP contribution in [0.15, 0.2) is 16.6 Å². The Kier molecular flexibility index (Phi) is 3.90. The molecule has 1 aromatic rings. The zero-order valence-electron chi connectivity index (χ0n) is 10.2. The molecule has 0 aromatic heterocycles. The van der Waals surface area contributed by atoms with Gasteiger partial charge in [-0.3, -0.25) is 4.79 Å². The van der Waals surface area contributed by atoms with Crippen molar-refractivity contribution < 1.29 is 9.18 Å². The lowest BCUT2D eigenvalue weighted by molar-refractivity contribution is 0.0936. The highest BCUT2D eigenvalue weighted by molar-refractivity contribution is 9.10. The SMILES string of the molecule is CC(CC1CC1)NC(=O)c1cc(N)c(F)cc1Br. The molecule has 0 saturated heterocycles. The number of anilines is 1. The summed E-state index contributed by atoms with van der Waals surface area (Å²) in [5, 5.41) is 2.91. The molecular weight excluding hydrogens is 299 g/mol. The van der Waals surface area contributed by atoms with E-state index in [0.717, 1.165) is 12.3 Å². The van der Waals surface area contributed by atoms with Crippen LogP contribution in [0.2, 0.25) is 0 Å². The van der Waals surface area contributed by atoms with Crippen molar-refractivity contribution in [2.75, 3.05) is 5.73 Å². The first-order valence-electron chi connectivity index (χ1n) is 6.02. The number of carbonyl (C=O) groups is 1. The van der Waals surface area contributed by atoms with Gasteiger partial charge in [0, 0.05) is 10.5 Å². The lowest BCUT2D eigenvalue weighted by atomic mass is 10.1. The average molecular weight is 315 g/mol. The molecule has 0 aliphatic heterocycles. The van der Waals surface area contributed by atoms with E-state index in [0.29, 0.717) is 10.0 Å². The Balaban J connectivity index is 2.05. The number of halogens is 2. The van der Waals surface area contributed by atoms with Gasteiger partial charge in [-0.1, -0.05) is 12.8 Å². The minimum atomic E-state index is -0.524. The van der Waals surface area contributed by atoms with E-state index in [1.165, 1.54) is 25.0 Å². The monoisotopic (exact) mass is 314 g/mol. The minimum Gasteiger partial charge on any atom is -0.396 e. The third-order valence-corrected chi connectivity index (χ3v) is 3.75. The first kappa shape index (κ1) is 13.3. The number of nitrogens with two attached hydrogens (primary N) is 1. The number of hydrogen-bond donors (Lipinski definition) is 2. The van der Waals surface area contributed by atoms with Gasteiger partial charge in [-0.25, -0.2) is 4.39 Å². The maximum absolute atomic E-state index is 13.2. The van der Waals surface area contributed by atoms with Crippen LogP contribution >= 0.6 is 15.9 Å². The van der Waals surface area contributed by atoms with Crippen LogP contribution in [0.4, 0.5) is 10.1 Å². The number of rotatable bonds is 4. The molecule has 1 saturated carbocycles. The summed E-state index contributed by atoms with van der Waals surface area (Å²) >= 11 is 3.18. The molecule has 5 heteroatoms. The van der Waals surface area contributed by atoms with Gasteiger partial charge >= 0.3 is 0 Å². The first-order chi connectivity index (χ1) is 8.47. The van der Waals surface area contributed by atoms with Crippen LogP contribution < -0.4 is 11.1 Å². The molecule has 3 nitrogen and oxygen atoms in total. The van der Waals surface area contributed by atoms with E-state index in [-0.39, 0.29) is 17.6 Å². The second-order valence-electron chi connectivity index (χ2n) is 4.91. The second kappa shape index (κ2) is 5.26. The average Bonchev–Trinajstić information content (AvgIpc) is 3.06. The largest absolute Gasteiger partial charge is 0.396 e. The molecule has 2 rings (SSSR count). The van der Waals surface area contributed by atoms with E-state index >= 15 is 0 Å². The molecule has 1 atom stereocenters. The fourth-order valence-corrected chi connectivity index (χ4v) is 2.45. The van der Waals surface area contributed by atoms with Gasteiger partial charge in [0.1, 0.15) is 5.82 Å². The molecule has 0 bridgehead atoms. The summed E-state index contributed by atoms with van der Waals surface area (Å²) in [5.41, 5.74) is 5.83. The molecule has 18 heavy (non-hydrogen) atoms. The van der Waals surface area contributed by atoms with Gasteiger partial charge in [0.05, 0.1) is 11.3 Å². The van der Waals surface area contributed by atoms with Gasteiger partial charge in [0.25, 0.3) is 5.91 Å². The summed E-state index contributed by atoms with van der Waals surface area (Å²) < 4.78 is 13.6. The maximum Gasteiger partial charge on any atom is 0.252 e. The number of nitrogen functional groups attached to an aromatic ring is 1. The Labute approximate surface area is 114 Å². The maximum atomic E-state index is 13.2. The molecule has 1 aromatic carbocycles. The van der Waals surface area contributed by atoms with Crippen molar-refractivity contribution in [1.29, 1.82) is 0 Å². The van der Waals surface area contributed by atoms with E-state index in [1.54, 1.807) is 0 Å². The Bertz CT molecular complexity index is 474. The van der Waals surface area contributed by atoms with Gasteiger partial charge < -0.3 is 11.1 Å². The lowest BCUT2D eigenvalue weighted by Gasteiger charge is -2.14. The van der Waals surface area contributed by atoms with E-state index in [1.807, 2.05) is 6.92 Å². The van der Waals surface area contributed by atoms with Crippen molar-refractivity contribution in [1.82, 2.24) is 5.32 Å². The van der Waals surface area contributed by atoms with Gasteiger partial charge in [-0.15, -0.1) is 0 Å². The summed E-state index contributed by atoms with van der Waals surface area (Å²) in [4.78, 5) is 12.0. The number of hydrogen-bond acceptors (Lipinski definition) is 2. The smallest absolute Gasteiger partial charge is 0.252 e. The molecule has 1 aliphatic rings. The summed E-state index contributed by atoms with van der Waals surface area (Å²) in [6.45, 7) is 1.98. The Morgan fingerprint density at radius 1 is 1.61 bits per heavy atom. The highest BCUT2D eigenvalue weighted by Crippen LogP contribution is 2.33. The number of nitrogens with one attached hydrogen (secondary N) is 1. The first-order valence-corrected chi connectivity index (χ1v) is 6.82. The number of carbonyl (C=O) groups excluding carboxylic acids is 1. The predicted molar refractivity (Wildman–Crippen MR) is 72.8 cm³/mol. The summed E-state index contributed by atoms with van der Waals surface area (Å²) in [6, 6.07) is 2.71. The lowest BCUT2D eigenvalue weighted by Crippen LogP contribution is -2.33. The second-order valence-corrected chi connectivity index (χ2v) is 5.76. The minimum absolute atomic E-state index is 0.0156. The third-order valence-electron chi connectivity index (χ3n) is 3.09. The van der Waals surface area contributed by atoms with Crippen molar-refractivity contribution in [3.63, 3.8) is 0 Å². The molecule has 1 fully saturated rings. The van der Waals surface area contributed by atoms with Crippen molar-refractivity contribution in [3.8, 4) is 0 Å². The van der Waals surface area contributed by atoms with E-state index in [2.05, 4.69) is 21.2 Å². The molecule has 0 spiro atoms. The number of benzene rings is 1. The Morgan fingerprint density at radius 2 is 2.28 bits per heavy atom. The van der Waals surface area contributed by atoms with Crippen LogP contribution in [0.5, 0.6) is 0 Å². The van der Waals surface area contributed by atoms with Gasteiger partial charge in [-0.2, -0.15) is 0 Å². The van der Waals surface area contributed by atoms with Crippen molar-refractivity contribution in [3.05, 3.63) is 28.0 Å². The fourth-order valence-electron chi connectivity index (χ4n) is 1.95. The Hall–Kier alpha value is -1.10. The van der Waals surface area contributed by atoms with Crippen LogP contribution in [0.1, 0.15) is 36.5 Å². The molecular formula is C13H16BrFN2O. The third kappa shape index (κ3) is 3.22. The van der Waals surface area contributed by atoms with Crippen LogP contribution in [0.25, 0.3) is 0 Å². The highest BCUT2D eigenvalue weighted by Gasteiger charge is 2.24. The van der Waals surface area contributed by atoms with Crippen molar-refractivity contribution in [2.24, 2.45) is 5.92 Å². The van der Waals surface area contributed by atoms with Crippen molar-refractivity contribution >= 4 is 27.5 Å². The standard InChI is InChI=1S/C13H16BrFN2O/c1-7(4-8-2-3-8)17-13(18)9-5-12(16)11(15)6-10(9)14/h5-8H,2-4,16H2,1H3,(H,17,18). The topological polar surface area (TPSA) is 55.1 Å². The number of amides is 1. The highest BCUT2D eigenvalue weighted by atomic mass is 79.9. The fraction of sp³-hybridized carbons (Fsp3) is 0.462. The van der Waals surface area contributed by atoms with Gasteiger partial charge in [0.2, 0.25) is 0 Å². The molecule has 0 heterocycles. The van der Waals surface area contributed by atoms with Gasteiger partial charge in [0.15, 0.2) is 0 Å². The molecule has 3 N–H and O–H groups in total. The van der Waals surface area contributed by atoms with Crippen LogP contribution in [0.3, 0.4) is 0 Å². The Morgan fingerprint density at radius 3 is 2.89 bits per heavy atom. The normalized spacial score (nSPS) is 16.4. The molecule has 0 radical (unpaired) electrons. The molecule has 1 unspecified atom stereocenters.